The van der Waals surface area contributed by atoms with Gasteiger partial charge in [0.1, 0.15) is 0 Å². The molecule has 1 fully saturated rings. The Balaban J connectivity index is 2.01. The topological polar surface area (TPSA) is 29.3 Å². The highest BCUT2D eigenvalue weighted by Gasteiger charge is 2.29. The van der Waals surface area contributed by atoms with Crippen LogP contribution in [0.25, 0.3) is 0 Å². The minimum absolute atomic E-state index is 0.571. The molecule has 0 radical (unpaired) electrons. The molecule has 16 heavy (non-hydrogen) atoms. The van der Waals surface area contributed by atoms with Gasteiger partial charge in [-0.05, 0) is 31.4 Å². The van der Waals surface area contributed by atoms with Crippen molar-refractivity contribution in [3.05, 3.63) is 35.4 Å². The van der Waals surface area contributed by atoms with Crippen molar-refractivity contribution in [1.82, 2.24) is 4.90 Å². The first-order valence-electron chi connectivity index (χ1n) is 6.20. The van der Waals surface area contributed by atoms with Gasteiger partial charge < -0.3 is 5.73 Å². The maximum absolute atomic E-state index is 5.85. The van der Waals surface area contributed by atoms with Crippen molar-refractivity contribution in [2.24, 2.45) is 11.7 Å². The Morgan fingerprint density at radius 1 is 1.31 bits per heavy atom. The van der Waals surface area contributed by atoms with Gasteiger partial charge in [0.15, 0.2) is 0 Å². The number of hydrogen-bond donors (Lipinski definition) is 1. The van der Waals surface area contributed by atoms with Crippen molar-refractivity contribution in [2.45, 2.75) is 32.9 Å². The lowest BCUT2D eigenvalue weighted by atomic mass is 10.0. The van der Waals surface area contributed by atoms with Gasteiger partial charge in [0.25, 0.3) is 0 Å². The molecule has 0 aliphatic carbocycles. The van der Waals surface area contributed by atoms with E-state index in [-0.39, 0.29) is 0 Å². The molecule has 1 aromatic rings. The lowest BCUT2D eigenvalue weighted by molar-refractivity contribution is 0.228. The zero-order chi connectivity index (χ0) is 11.5. The number of likely N-dealkylation sites (tertiary alicyclic amines) is 1. The first kappa shape index (κ1) is 11.6. The number of hydrogen-bond acceptors (Lipinski definition) is 2. The third-order valence-electron chi connectivity index (χ3n) is 3.75. The molecule has 0 spiro atoms. The minimum atomic E-state index is 0.571. The number of nitrogens with two attached hydrogens (primary N) is 1. The second-order valence-electron chi connectivity index (χ2n) is 5.03. The molecule has 88 valence electrons. The third-order valence-corrected chi connectivity index (χ3v) is 3.75. The average molecular weight is 218 g/mol. The lowest BCUT2D eigenvalue weighted by Crippen LogP contribution is -2.37. The van der Waals surface area contributed by atoms with Crippen LogP contribution in [0.15, 0.2) is 24.3 Å². The van der Waals surface area contributed by atoms with E-state index >= 15 is 0 Å². The Kier molecular flexibility index (Phi) is 3.62. The fourth-order valence-corrected chi connectivity index (χ4v) is 2.59. The predicted octanol–water partition coefficient (Wildman–Crippen LogP) is 2.16. The van der Waals surface area contributed by atoms with E-state index in [0.29, 0.717) is 6.04 Å². The summed E-state index contributed by atoms with van der Waals surface area (Å²) >= 11 is 0. The van der Waals surface area contributed by atoms with Gasteiger partial charge in [-0.25, -0.2) is 0 Å². The van der Waals surface area contributed by atoms with Gasteiger partial charge in [-0.1, -0.05) is 36.8 Å². The highest BCUT2D eigenvalue weighted by molar-refractivity contribution is 5.21. The fraction of sp³-hybridized carbons (Fsp3) is 0.571. The first-order valence-corrected chi connectivity index (χ1v) is 6.20. The van der Waals surface area contributed by atoms with Crippen LogP contribution in [0.1, 0.15) is 24.5 Å². The fourth-order valence-electron chi connectivity index (χ4n) is 2.59. The second-order valence-corrected chi connectivity index (χ2v) is 5.03. The number of benzene rings is 1. The molecular formula is C14H22N2. The van der Waals surface area contributed by atoms with E-state index in [2.05, 4.69) is 43.0 Å². The van der Waals surface area contributed by atoms with Crippen LogP contribution in [0.4, 0.5) is 0 Å². The van der Waals surface area contributed by atoms with Crippen molar-refractivity contribution in [3.63, 3.8) is 0 Å². The van der Waals surface area contributed by atoms with Gasteiger partial charge in [0.05, 0.1) is 0 Å². The van der Waals surface area contributed by atoms with E-state index in [1.165, 1.54) is 24.1 Å². The van der Waals surface area contributed by atoms with E-state index in [4.69, 9.17) is 5.73 Å². The molecular weight excluding hydrogens is 196 g/mol. The standard InChI is InChI=1S/C14H22N2/c1-11-3-5-13(6-4-11)10-16-8-7-12(2)14(16)9-15/h3-6,12,14H,7-10,15H2,1-2H3. The molecule has 1 saturated heterocycles. The van der Waals surface area contributed by atoms with E-state index < -0.39 is 0 Å². The number of aryl methyl sites for hydroxylation is 1. The summed E-state index contributed by atoms with van der Waals surface area (Å²) in [4.78, 5) is 2.52. The highest BCUT2D eigenvalue weighted by atomic mass is 15.2. The SMILES string of the molecule is Cc1ccc(CN2CCC(C)C2CN)cc1. The minimum Gasteiger partial charge on any atom is -0.329 e. The van der Waals surface area contributed by atoms with Gasteiger partial charge in [-0.15, -0.1) is 0 Å². The maximum atomic E-state index is 5.85. The molecule has 2 unspecified atom stereocenters. The van der Waals surface area contributed by atoms with Gasteiger partial charge >= 0.3 is 0 Å². The van der Waals surface area contributed by atoms with E-state index in [1.54, 1.807) is 0 Å². The Hall–Kier alpha value is -0.860. The Morgan fingerprint density at radius 2 is 2.00 bits per heavy atom. The van der Waals surface area contributed by atoms with Crippen LogP contribution in [0.5, 0.6) is 0 Å². The summed E-state index contributed by atoms with van der Waals surface area (Å²) in [7, 11) is 0. The predicted molar refractivity (Wildman–Crippen MR) is 68.2 cm³/mol. The first-order chi connectivity index (χ1) is 7.70. The molecule has 1 heterocycles. The van der Waals surface area contributed by atoms with Crippen molar-refractivity contribution in [2.75, 3.05) is 13.1 Å². The Morgan fingerprint density at radius 3 is 2.62 bits per heavy atom. The van der Waals surface area contributed by atoms with Crippen molar-refractivity contribution >= 4 is 0 Å². The van der Waals surface area contributed by atoms with Gasteiger partial charge in [-0.2, -0.15) is 0 Å². The second kappa shape index (κ2) is 4.98. The molecule has 2 nitrogen and oxygen atoms in total. The normalized spacial score (nSPS) is 26.2. The largest absolute Gasteiger partial charge is 0.329 e. The van der Waals surface area contributed by atoms with E-state index in [1.807, 2.05) is 0 Å². The summed E-state index contributed by atoms with van der Waals surface area (Å²) in [6.45, 7) is 7.47. The molecule has 2 atom stereocenters. The van der Waals surface area contributed by atoms with Crippen LogP contribution in [-0.4, -0.2) is 24.0 Å². The lowest BCUT2D eigenvalue weighted by Gasteiger charge is -2.25. The quantitative estimate of drug-likeness (QED) is 0.842. The van der Waals surface area contributed by atoms with Gasteiger partial charge in [-0.3, -0.25) is 4.90 Å². The number of rotatable bonds is 3. The molecule has 0 aromatic heterocycles. The van der Waals surface area contributed by atoms with Gasteiger partial charge in [0.2, 0.25) is 0 Å². The Bertz CT molecular complexity index is 331. The molecule has 2 N–H and O–H groups in total. The maximum Gasteiger partial charge on any atom is 0.0248 e. The molecule has 1 aliphatic heterocycles. The van der Waals surface area contributed by atoms with Crippen LogP contribution < -0.4 is 5.73 Å². The van der Waals surface area contributed by atoms with Crippen molar-refractivity contribution in [3.8, 4) is 0 Å². The molecule has 1 aromatic carbocycles. The third kappa shape index (κ3) is 2.45. The molecule has 0 amide bonds. The van der Waals surface area contributed by atoms with Crippen LogP contribution in [0.3, 0.4) is 0 Å². The van der Waals surface area contributed by atoms with Crippen LogP contribution in [0.2, 0.25) is 0 Å². The zero-order valence-corrected chi connectivity index (χ0v) is 10.3. The summed E-state index contributed by atoms with van der Waals surface area (Å²) in [5, 5.41) is 0. The Labute approximate surface area is 98.4 Å². The molecule has 2 rings (SSSR count). The molecule has 0 bridgehead atoms. The summed E-state index contributed by atoms with van der Waals surface area (Å²) in [5.74, 6) is 0.746. The summed E-state index contributed by atoms with van der Waals surface area (Å²) in [5.41, 5.74) is 8.58. The van der Waals surface area contributed by atoms with Crippen LogP contribution in [-0.2, 0) is 6.54 Å². The van der Waals surface area contributed by atoms with Crippen LogP contribution >= 0.6 is 0 Å². The molecule has 0 saturated carbocycles. The molecule has 1 aliphatic rings. The summed E-state index contributed by atoms with van der Waals surface area (Å²) in [6, 6.07) is 9.40. The van der Waals surface area contributed by atoms with E-state index in [0.717, 1.165) is 19.0 Å². The van der Waals surface area contributed by atoms with Gasteiger partial charge in [0, 0.05) is 19.1 Å². The van der Waals surface area contributed by atoms with E-state index in [9.17, 15) is 0 Å². The van der Waals surface area contributed by atoms with Crippen molar-refractivity contribution in [1.29, 1.82) is 0 Å². The molecule has 2 heteroatoms. The van der Waals surface area contributed by atoms with Crippen LogP contribution in [0, 0.1) is 12.8 Å². The zero-order valence-electron chi connectivity index (χ0n) is 10.3. The number of nitrogens with zero attached hydrogens (tertiary/aromatic N) is 1. The average Bonchev–Trinajstić information content (AvgIpc) is 2.63. The van der Waals surface area contributed by atoms with Crippen molar-refractivity contribution < 1.29 is 0 Å². The summed E-state index contributed by atoms with van der Waals surface area (Å²) in [6.07, 6.45) is 1.29. The summed E-state index contributed by atoms with van der Waals surface area (Å²) < 4.78 is 0. The highest BCUT2D eigenvalue weighted by Crippen LogP contribution is 2.24. The smallest absolute Gasteiger partial charge is 0.0248 e. The monoisotopic (exact) mass is 218 g/mol.